The van der Waals surface area contributed by atoms with Crippen LogP contribution in [0.2, 0.25) is 5.02 Å². The Labute approximate surface area is 227 Å². The first-order valence-corrected chi connectivity index (χ1v) is 13.6. The number of aliphatic carboxylic acids is 1. The average molecular weight is 617 g/mol. The van der Waals surface area contributed by atoms with Crippen LogP contribution in [0.15, 0.2) is 40.1 Å². The minimum absolute atomic E-state index is 0.0443. The van der Waals surface area contributed by atoms with E-state index in [1.165, 1.54) is 17.0 Å². The van der Waals surface area contributed by atoms with Gasteiger partial charge in [0, 0.05) is 30.1 Å². The first-order valence-electron chi connectivity index (χ1n) is 10.8. The highest BCUT2D eigenvalue weighted by molar-refractivity contribution is 7.92. The molecule has 1 aromatic heterocycles. The van der Waals surface area contributed by atoms with Crippen LogP contribution < -0.4 is 10.0 Å². The van der Waals surface area contributed by atoms with Crippen LogP contribution in [0.4, 0.5) is 37.8 Å². The first kappa shape index (κ1) is 30.5. The summed E-state index contributed by atoms with van der Waals surface area (Å²) in [5.41, 5.74) is 2.32. The Hall–Kier alpha value is -3.08. The van der Waals surface area contributed by atoms with Gasteiger partial charge < -0.3 is 10.4 Å². The lowest BCUT2D eigenvalue weighted by molar-refractivity contribution is -0.192. The van der Waals surface area contributed by atoms with Crippen molar-refractivity contribution in [2.75, 3.05) is 23.1 Å². The van der Waals surface area contributed by atoms with E-state index in [-0.39, 0.29) is 23.9 Å². The van der Waals surface area contributed by atoms with E-state index in [0.717, 1.165) is 36.9 Å². The van der Waals surface area contributed by atoms with Gasteiger partial charge in [0.15, 0.2) is 16.5 Å². The topological polar surface area (TPSA) is 112 Å². The molecule has 0 radical (unpaired) electrons. The van der Waals surface area contributed by atoms with Crippen molar-refractivity contribution in [1.29, 1.82) is 0 Å². The number of rotatable bonds is 8. The molecule has 1 fully saturated rings. The Morgan fingerprint density at radius 2 is 1.85 bits per heavy atom. The molecule has 1 aliphatic rings. The number of thiazole rings is 1. The van der Waals surface area contributed by atoms with Crippen molar-refractivity contribution in [3.05, 3.63) is 68.8 Å². The number of carboxylic acids is 1. The molecule has 17 heteroatoms. The van der Waals surface area contributed by atoms with E-state index in [4.69, 9.17) is 21.5 Å². The van der Waals surface area contributed by atoms with Crippen LogP contribution in [0.25, 0.3) is 0 Å². The van der Waals surface area contributed by atoms with Crippen LogP contribution in [0.5, 0.6) is 0 Å². The van der Waals surface area contributed by atoms with E-state index in [9.17, 15) is 34.8 Å². The van der Waals surface area contributed by atoms with Crippen LogP contribution in [0, 0.1) is 17.5 Å². The summed E-state index contributed by atoms with van der Waals surface area (Å²) in [4.78, 5) is 13.5. The normalized spacial score (nSPS) is 13.7. The number of nitrogens with zero attached hydrogens (tertiary/aromatic N) is 2. The molecule has 2 aromatic carbocycles. The average Bonchev–Trinajstić information content (AvgIpc) is 3.30. The highest BCUT2D eigenvalue weighted by Gasteiger charge is 2.38. The minimum Gasteiger partial charge on any atom is -0.475 e. The highest BCUT2D eigenvalue weighted by Crippen LogP contribution is 2.34. The Morgan fingerprint density at radius 1 is 1.18 bits per heavy atom. The van der Waals surface area contributed by atoms with Crippen LogP contribution in [-0.4, -0.2) is 48.6 Å². The Balaban J connectivity index is 0.000000532. The van der Waals surface area contributed by atoms with Gasteiger partial charge in [-0.15, -0.1) is 11.3 Å². The molecule has 3 N–H and O–H groups in total. The predicted molar refractivity (Wildman–Crippen MR) is 132 cm³/mol. The van der Waals surface area contributed by atoms with Crippen molar-refractivity contribution < 1.29 is 44.7 Å². The molecule has 0 atom stereocenters. The molecule has 0 aliphatic carbocycles. The number of benzene rings is 2. The third kappa shape index (κ3) is 7.74. The molecule has 1 aliphatic heterocycles. The van der Waals surface area contributed by atoms with Gasteiger partial charge in [-0.05, 0) is 31.1 Å². The Morgan fingerprint density at radius 3 is 2.38 bits per heavy atom. The molecule has 0 bridgehead atoms. The van der Waals surface area contributed by atoms with Gasteiger partial charge >= 0.3 is 12.1 Å². The lowest BCUT2D eigenvalue weighted by atomic mass is 10.0. The summed E-state index contributed by atoms with van der Waals surface area (Å²) in [6.07, 6.45) is -4.03. The lowest BCUT2D eigenvalue weighted by Gasteiger charge is -2.31. The first-order chi connectivity index (χ1) is 18.2. The van der Waals surface area contributed by atoms with Crippen LogP contribution in [0.1, 0.15) is 17.5 Å². The fraction of sp³-hybridized carbons (Fsp3) is 0.273. The smallest absolute Gasteiger partial charge is 0.475 e. The quantitative estimate of drug-likeness (QED) is 0.227. The number of likely N-dealkylation sites (tertiary alicyclic amines) is 1. The summed E-state index contributed by atoms with van der Waals surface area (Å²) in [6.45, 7) is 2.24. The predicted octanol–water partition coefficient (Wildman–Crippen LogP) is 5.47. The molecule has 8 nitrogen and oxygen atoms in total. The van der Waals surface area contributed by atoms with Crippen LogP contribution in [0.3, 0.4) is 0 Å². The number of hydrogen-bond acceptors (Lipinski definition) is 7. The zero-order valence-corrected chi connectivity index (χ0v) is 21.9. The van der Waals surface area contributed by atoms with Gasteiger partial charge in [-0.25, -0.2) is 31.4 Å². The Kier molecular flexibility index (Phi) is 9.69. The van der Waals surface area contributed by atoms with E-state index < -0.39 is 43.7 Å². The second-order valence-corrected chi connectivity index (χ2v) is 10.7. The summed E-state index contributed by atoms with van der Waals surface area (Å²) in [5.74, 6) is -5.94. The monoisotopic (exact) mass is 616 g/mol. The van der Waals surface area contributed by atoms with Crippen molar-refractivity contribution >= 4 is 50.4 Å². The Bertz CT molecular complexity index is 1440. The summed E-state index contributed by atoms with van der Waals surface area (Å²) in [7, 11) is -4.60. The van der Waals surface area contributed by atoms with Crippen LogP contribution in [-0.2, 0) is 27.9 Å². The SMILES string of the molecule is O=C(O)C(F)(F)F.O=S(=O)(Nc1cscn1)c1c(F)cc(NCc2cccc(F)c2CN2CCC2)c(Cl)c1F. The molecule has 0 amide bonds. The molecular formula is C22H19ClF6N4O4S2. The van der Waals surface area contributed by atoms with Gasteiger partial charge in [0.2, 0.25) is 0 Å². The van der Waals surface area contributed by atoms with E-state index in [0.29, 0.717) is 17.7 Å². The maximum atomic E-state index is 14.8. The number of halogens is 7. The fourth-order valence-electron chi connectivity index (χ4n) is 3.30. The summed E-state index contributed by atoms with van der Waals surface area (Å²) < 4.78 is 103. The lowest BCUT2D eigenvalue weighted by Crippen LogP contribution is -2.36. The molecular weight excluding hydrogens is 598 g/mol. The zero-order chi connectivity index (χ0) is 29.0. The molecule has 0 spiro atoms. The largest absolute Gasteiger partial charge is 0.490 e. The zero-order valence-electron chi connectivity index (χ0n) is 19.5. The number of carbonyl (C=O) groups is 1. The standard InChI is InChI=1S/C20H18ClF3N4O2S2.C2HF3O2/c21-18-16(25-8-12-3-1-4-14(22)13(12)9-28-5-2-6-28)7-15(23)20(19(18)24)32(29,30)27-17-10-31-11-26-17;3-2(4,5)1(6)7/h1,3-4,7,10-11,25,27H,2,5-6,8-9H2;(H,6,7). The number of sulfonamides is 1. The maximum Gasteiger partial charge on any atom is 0.490 e. The van der Waals surface area contributed by atoms with Crippen molar-refractivity contribution in [2.45, 2.75) is 30.6 Å². The van der Waals surface area contributed by atoms with Crippen molar-refractivity contribution in [3.63, 3.8) is 0 Å². The summed E-state index contributed by atoms with van der Waals surface area (Å²) in [6, 6.07) is 5.42. The van der Waals surface area contributed by atoms with E-state index >= 15 is 0 Å². The van der Waals surface area contributed by atoms with Gasteiger partial charge in [-0.3, -0.25) is 9.62 Å². The van der Waals surface area contributed by atoms with Gasteiger partial charge in [0.1, 0.15) is 16.7 Å². The number of alkyl halides is 3. The molecule has 4 rings (SSSR count). The molecule has 39 heavy (non-hydrogen) atoms. The molecule has 2 heterocycles. The van der Waals surface area contributed by atoms with E-state index in [1.807, 2.05) is 4.72 Å². The number of anilines is 2. The minimum atomic E-state index is -5.08. The number of hydrogen-bond donors (Lipinski definition) is 3. The summed E-state index contributed by atoms with van der Waals surface area (Å²) >= 11 is 7.13. The number of aromatic nitrogens is 1. The van der Waals surface area contributed by atoms with Crippen LogP contribution >= 0.6 is 22.9 Å². The second kappa shape index (κ2) is 12.4. The fourth-order valence-corrected chi connectivity index (χ4v) is 5.28. The van der Waals surface area contributed by atoms with Gasteiger partial charge in [0.25, 0.3) is 10.0 Å². The van der Waals surface area contributed by atoms with Gasteiger partial charge in [0.05, 0.1) is 11.2 Å². The van der Waals surface area contributed by atoms with Crippen molar-refractivity contribution in [2.24, 2.45) is 0 Å². The molecule has 1 saturated heterocycles. The molecule has 0 saturated carbocycles. The second-order valence-electron chi connectivity index (χ2n) is 8.01. The van der Waals surface area contributed by atoms with E-state index in [2.05, 4.69) is 15.2 Å². The molecule has 3 aromatic rings. The highest BCUT2D eigenvalue weighted by atomic mass is 35.5. The molecule has 212 valence electrons. The maximum absolute atomic E-state index is 14.8. The van der Waals surface area contributed by atoms with Crippen molar-refractivity contribution in [3.8, 4) is 0 Å². The summed E-state index contributed by atoms with van der Waals surface area (Å²) in [5, 5.41) is 10.7. The molecule has 0 unspecified atom stereocenters. The third-order valence-electron chi connectivity index (χ3n) is 5.31. The number of carboxylic acid groups (broad SMARTS) is 1. The van der Waals surface area contributed by atoms with Gasteiger partial charge in [-0.1, -0.05) is 23.7 Å². The van der Waals surface area contributed by atoms with Crippen molar-refractivity contribution in [1.82, 2.24) is 9.88 Å². The third-order valence-corrected chi connectivity index (χ3v) is 7.66. The van der Waals surface area contributed by atoms with E-state index in [1.54, 1.807) is 12.1 Å². The van der Waals surface area contributed by atoms with Gasteiger partial charge in [-0.2, -0.15) is 13.2 Å². The number of nitrogens with one attached hydrogen (secondary N) is 2.